The molecule has 0 spiro atoms. The predicted octanol–water partition coefficient (Wildman–Crippen LogP) is 4.15. The third-order valence-electron chi connectivity index (χ3n) is 5.84. The number of nitrogens with zero attached hydrogens (tertiary/aromatic N) is 2. The van der Waals surface area contributed by atoms with Gasteiger partial charge in [0.1, 0.15) is 5.76 Å². The molecule has 4 nitrogen and oxygen atoms in total. The van der Waals surface area contributed by atoms with Crippen molar-refractivity contribution < 1.29 is 4.42 Å². The fourth-order valence-corrected chi connectivity index (χ4v) is 4.52. The van der Waals surface area contributed by atoms with E-state index in [1.54, 1.807) is 6.26 Å². The summed E-state index contributed by atoms with van der Waals surface area (Å²) in [6.07, 6.45) is 6.80. The number of likely N-dealkylation sites (tertiary alicyclic amines) is 2. The van der Waals surface area contributed by atoms with E-state index >= 15 is 0 Å². The first-order valence-electron chi connectivity index (χ1n) is 10.2. The van der Waals surface area contributed by atoms with Crippen molar-refractivity contribution >= 4 is 11.6 Å². The number of piperidine rings is 2. The van der Waals surface area contributed by atoms with Gasteiger partial charge in [0.25, 0.3) is 0 Å². The summed E-state index contributed by atoms with van der Waals surface area (Å²) in [5, 5.41) is 4.76. The van der Waals surface area contributed by atoms with Gasteiger partial charge in [-0.3, -0.25) is 9.80 Å². The molecule has 4 rings (SSSR count). The van der Waals surface area contributed by atoms with Gasteiger partial charge in [0.15, 0.2) is 0 Å². The second kappa shape index (κ2) is 9.24. The zero-order chi connectivity index (χ0) is 18.5. The largest absolute Gasteiger partial charge is 0.468 e. The first-order chi connectivity index (χ1) is 13.2. The van der Waals surface area contributed by atoms with E-state index in [2.05, 4.69) is 33.3 Å². The van der Waals surface area contributed by atoms with E-state index < -0.39 is 0 Å². The number of nitrogens with one attached hydrogen (secondary N) is 1. The van der Waals surface area contributed by atoms with Crippen molar-refractivity contribution in [1.82, 2.24) is 15.1 Å². The first kappa shape index (κ1) is 19.0. The molecule has 0 radical (unpaired) electrons. The van der Waals surface area contributed by atoms with E-state index in [0.29, 0.717) is 12.1 Å². The minimum Gasteiger partial charge on any atom is -0.468 e. The summed E-state index contributed by atoms with van der Waals surface area (Å²) < 4.78 is 5.48. The Labute approximate surface area is 167 Å². The molecule has 1 aromatic heterocycles. The fraction of sp³-hybridized carbons (Fsp3) is 0.545. The molecule has 2 aliphatic rings. The topological polar surface area (TPSA) is 31.6 Å². The second-order valence-corrected chi connectivity index (χ2v) is 8.43. The molecule has 2 fully saturated rings. The van der Waals surface area contributed by atoms with Crippen molar-refractivity contribution in [3.63, 3.8) is 0 Å². The summed E-state index contributed by atoms with van der Waals surface area (Å²) in [6, 6.07) is 13.6. The highest BCUT2D eigenvalue weighted by atomic mass is 35.5. The summed E-state index contributed by atoms with van der Waals surface area (Å²) >= 11 is 6.00. The third-order valence-corrected chi connectivity index (χ3v) is 6.10. The van der Waals surface area contributed by atoms with E-state index in [1.807, 2.05) is 18.2 Å². The van der Waals surface area contributed by atoms with Crippen molar-refractivity contribution in [3.05, 3.63) is 59.0 Å². The van der Waals surface area contributed by atoms with Crippen LogP contribution in [0.25, 0.3) is 0 Å². The average Bonchev–Trinajstić information content (AvgIpc) is 3.19. The lowest BCUT2D eigenvalue weighted by atomic mass is 9.99. The van der Waals surface area contributed by atoms with Crippen molar-refractivity contribution in [2.75, 3.05) is 26.2 Å². The summed E-state index contributed by atoms with van der Waals surface area (Å²) in [5.74, 6) is 1.08. The van der Waals surface area contributed by atoms with Crippen LogP contribution in [0.1, 0.15) is 37.0 Å². The lowest BCUT2D eigenvalue weighted by molar-refractivity contribution is 0.142. The molecule has 0 amide bonds. The summed E-state index contributed by atoms with van der Waals surface area (Å²) in [5.41, 5.74) is 1.35. The minimum absolute atomic E-state index is 0.618. The van der Waals surface area contributed by atoms with Crippen LogP contribution in [-0.2, 0) is 13.1 Å². The van der Waals surface area contributed by atoms with Crippen LogP contribution in [0.2, 0.25) is 5.02 Å². The zero-order valence-corrected chi connectivity index (χ0v) is 16.7. The Morgan fingerprint density at radius 1 is 0.926 bits per heavy atom. The molecule has 5 heteroatoms. The van der Waals surface area contributed by atoms with Crippen LogP contribution >= 0.6 is 11.6 Å². The summed E-state index contributed by atoms with van der Waals surface area (Å²) in [4.78, 5) is 5.08. The van der Waals surface area contributed by atoms with Gasteiger partial charge in [0.05, 0.1) is 12.8 Å². The average molecular weight is 388 g/mol. The molecule has 3 heterocycles. The molecule has 0 saturated carbocycles. The fourth-order valence-electron chi connectivity index (χ4n) is 4.40. The van der Waals surface area contributed by atoms with Gasteiger partial charge in [-0.1, -0.05) is 23.7 Å². The minimum atomic E-state index is 0.618. The Hall–Kier alpha value is -1.33. The maximum atomic E-state index is 6.00. The van der Waals surface area contributed by atoms with Gasteiger partial charge < -0.3 is 9.73 Å². The van der Waals surface area contributed by atoms with Crippen LogP contribution in [0.5, 0.6) is 0 Å². The quantitative estimate of drug-likeness (QED) is 0.806. The Morgan fingerprint density at radius 3 is 2.48 bits per heavy atom. The molecule has 146 valence electrons. The van der Waals surface area contributed by atoms with Crippen molar-refractivity contribution in [3.8, 4) is 0 Å². The predicted molar refractivity (Wildman–Crippen MR) is 110 cm³/mol. The van der Waals surface area contributed by atoms with Crippen LogP contribution in [0, 0.1) is 0 Å². The summed E-state index contributed by atoms with van der Waals surface area (Å²) in [7, 11) is 0. The molecular formula is C22H30ClN3O. The highest BCUT2D eigenvalue weighted by Crippen LogP contribution is 2.19. The molecular weight excluding hydrogens is 358 g/mol. The molecule has 1 N–H and O–H groups in total. The van der Waals surface area contributed by atoms with Crippen LogP contribution in [0.4, 0.5) is 0 Å². The Bertz CT molecular complexity index is 680. The van der Waals surface area contributed by atoms with Crippen molar-refractivity contribution in [2.45, 2.75) is 50.9 Å². The van der Waals surface area contributed by atoms with Gasteiger partial charge in [-0.15, -0.1) is 0 Å². The number of hydrogen-bond donors (Lipinski definition) is 1. The Balaban J connectivity index is 1.21. The van der Waals surface area contributed by atoms with Gasteiger partial charge in [-0.05, 0) is 62.1 Å². The van der Waals surface area contributed by atoms with Crippen LogP contribution in [-0.4, -0.2) is 48.1 Å². The number of benzene rings is 1. The first-order valence-corrected chi connectivity index (χ1v) is 10.6. The van der Waals surface area contributed by atoms with Gasteiger partial charge in [0.2, 0.25) is 0 Å². The van der Waals surface area contributed by atoms with E-state index in [-0.39, 0.29) is 0 Å². The van der Waals surface area contributed by atoms with E-state index in [4.69, 9.17) is 16.0 Å². The van der Waals surface area contributed by atoms with Gasteiger partial charge in [-0.25, -0.2) is 0 Å². The van der Waals surface area contributed by atoms with Crippen molar-refractivity contribution in [2.24, 2.45) is 0 Å². The molecule has 0 bridgehead atoms. The number of furan rings is 1. The Kier molecular flexibility index (Phi) is 6.51. The molecule has 0 aliphatic carbocycles. The summed E-state index contributed by atoms with van der Waals surface area (Å²) in [6.45, 7) is 6.62. The number of hydrogen-bond acceptors (Lipinski definition) is 4. The number of halogens is 1. The Morgan fingerprint density at radius 2 is 1.74 bits per heavy atom. The maximum Gasteiger partial charge on any atom is 0.117 e. The standard InChI is InChI=1S/C22H30ClN3O/c23-19-7-5-18(6-8-19)15-26-11-1-3-21(16-26)24-20-9-12-25(13-10-20)17-22-4-2-14-27-22/h2,4-8,14,20-21,24H,1,3,9-13,15-17H2. The molecule has 1 unspecified atom stereocenters. The van der Waals surface area contributed by atoms with E-state index in [1.165, 1.54) is 37.8 Å². The normalized spacial score (nSPS) is 22.9. The molecule has 1 aromatic carbocycles. The van der Waals surface area contributed by atoms with Gasteiger partial charge in [-0.2, -0.15) is 0 Å². The van der Waals surface area contributed by atoms with E-state index in [0.717, 1.165) is 43.5 Å². The molecule has 27 heavy (non-hydrogen) atoms. The second-order valence-electron chi connectivity index (χ2n) is 8.00. The maximum absolute atomic E-state index is 6.00. The molecule has 1 atom stereocenters. The monoisotopic (exact) mass is 387 g/mol. The smallest absolute Gasteiger partial charge is 0.117 e. The molecule has 2 aliphatic heterocycles. The van der Waals surface area contributed by atoms with Gasteiger partial charge >= 0.3 is 0 Å². The highest BCUT2D eigenvalue weighted by molar-refractivity contribution is 6.30. The lowest BCUT2D eigenvalue weighted by Crippen LogP contribution is -2.51. The van der Waals surface area contributed by atoms with Crippen LogP contribution in [0.15, 0.2) is 47.1 Å². The van der Waals surface area contributed by atoms with E-state index in [9.17, 15) is 0 Å². The molecule has 2 saturated heterocycles. The van der Waals surface area contributed by atoms with Crippen molar-refractivity contribution in [1.29, 1.82) is 0 Å². The van der Waals surface area contributed by atoms with Crippen LogP contribution in [0.3, 0.4) is 0 Å². The lowest BCUT2D eigenvalue weighted by Gasteiger charge is -2.38. The molecule has 2 aromatic rings. The van der Waals surface area contributed by atoms with Crippen LogP contribution < -0.4 is 5.32 Å². The zero-order valence-electron chi connectivity index (χ0n) is 15.9. The number of rotatable bonds is 6. The third kappa shape index (κ3) is 5.58. The SMILES string of the molecule is Clc1ccc(CN2CCCC(NC3CCN(Cc4ccco4)CC3)C2)cc1. The van der Waals surface area contributed by atoms with Gasteiger partial charge in [0, 0.05) is 43.3 Å². The highest BCUT2D eigenvalue weighted by Gasteiger charge is 2.25.